The Morgan fingerprint density at radius 3 is 2.56 bits per heavy atom. The number of carboxylic acid groups (broad SMARTS) is 1. The predicted octanol–water partition coefficient (Wildman–Crippen LogP) is 0.239. The highest BCUT2D eigenvalue weighted by Gasteiger charge is 2.30. The van der Waals surface area contributed by atoms with Gasteiger partial charge in [-0.15, -0.1) is 0 Å². The van der Waals surface area contributed by atoms with Crippen molar-refractivity contribution in [1.29, 1.82) is 0 Å². The Balaban J connectivity index is 2.44. The van der Waals surface area contributed by atoms with Crippen molar-refractivity contribution in [3.05, 3.63) is 5.57 Å². The van der Waals surface area contributed by atoms with Gasteiger partial charge < -0.3 is 5.11 Å². The molecule has 0 saturated heterocycles. The molecule has 1 saturated carbocycles. The van der Waals surface area contributed by atoms with Gasteiger partial charge in [0.1, 0.15) is 5.94 Å². The van der Waals surface area contributed by atoms with Gasteiger partial charge in [0, 0.05) is 5.57 Å². The number of aliphatic carboxylic acids is 1. The monoisotopic (exact) mass is 126 g/mol. The molecule has 48 valence electrons. The molecule has 0 aromatic rings. The standard InChI is InChI=1S/C6H6O3/c7-3-4-1-5(2-4)6(8)9/h5H,1-2H2,(H,8,9). The fourth-order valence-electron chi connectivity index (χ4n) is 0.793. The molecule has 1 rings (SSSR count). The number of hydrogen-bond acceptors (Lipinski definition) is 2. The molecule has 0 unspecified atom stereocenters. The first-order valence-corrected chi connectivity index (χ1v) is 2.69. The molecule has 3 nitrogen and oxygen atoms in total. The Bertz CT molecular complexity index is 180. The molecule has 1 aliphatic carbocycles. The third kappa shape index (κ3) is 1.00. The van der Waals surface area contributed by atoms with E-state index in [0.29, 0.717) is 18.4 Å². The van der Waals surface area contributed by atoms with Crippen LogP contribution in [0.4, 0.5) is 0 Å². The average molecular weight is 126 g/mol. The fraction of sp³-hybridized carbons (Fsp3) is 0.500. The minimum atomic E-state index is -0.811. The molecular weight excluding hydrogens is 120 g/mol. The van der Waals surface area contributed by atoms with Crippen molar-refractivity contribution in [2.75, 3.05) is 0 Å². The Morgan fingerprint density at radius 1 is 1.67 bits per heavy atom. The Morgan fingerprint density at radius 2 is 2.22 bits per heavy atom. The quantitative estimate of drug-likeness (QED) is 0.512. The molecule has 1 aliphatic rings. The van der Waals surface area contributed by atoms with Crippen LogP contribution in [0, 0.1) is 5.92 Å². The maximum atomic E-state index is 10.1. The van der Waals surface area contributed by atoms with Gasteiger partial charge in [-0.25, -0.2) is 4.79 Å². The normalized spacial score (nSPS) is 24.4. The van der Waals surface area contributed by atoms with Crippen molar-refractivity contribution >= 4 is 11.9 Å². The summed E-state index contributed by atoms with van der Waals surface area (Å²) >= 11 is 0. The maximum Gasteiger partial charge on any atom is 0.307 e. The molecule has 0 spiro atoms. The second-order valence-corrected chi connectivity index (χ2v) is 2.15. The van der Waals surface area contributed by atoms with Crippen molar-refractivity contribution in [3.8, 4) is 0 Å². The lowest BCUT2D eigenvalue weighted by molar-refractivity contribution is -0.142. The summed E-state index contributed by atoms with van der Waals surface area (Å²) in [4.78, 5) is 19.9. The average Bonchev–Trinajstić information content (AvgIpc) is 1.61. The number of allylic oxidation sites excluding steroid dienone is 1. The van der Waals surface area contributed by atoms with E-state index in [0.717, 1.165) is 0 Å². The Hall–Kier alpha value is -1.08. The largest absolute Gasteiger partial charge is 0.481 e. The van der Waals surface area contributed by atoms with Gasteiger partial charge in [-0.05, 0) is 12.8 Å². The zero-order chi connectivity index (χ0) is 6.85. The smallest absolute Gasteiger partial charge is 0.307 e. The number of carbonyl (C=O) groups excluding carboxylic acids is 1. The van der Waals surface area contributed by atoms with E-state index in [4.69, 9.17) is 5.11 Å². The SMILES string of the molecule is O=C=C1CC(C(=O)O)C1. The van der Waals surface area contributed by atoms with Gasteiger partial charge in [0.15, 0.2) is 0 Å². The van der Waals surface area contributed by atoms with Crippen LogP contribution in [0.5, 0.6) is 0 Å². The highest BCUT2D eigenvalue weighted by molar-refractivity contribution is 5.75. The van der Waals surface area contributed by atoms with Gasteiger partial charge in [0.2, 0.25) is 0 Å². The van der Waals surface area contributed by atoms with Crippen molar-refractivity contribution in [3.63, 3.8) is 0 Å². The van der Waals surface area contributed by atoms with Gasteiger partial charge in [-0.3, -0.25) is 4.79 Å². The number of rotatable bonds is 1. The number of carbonyl (C=O) groups is 1. The Labute approximate surface area is 52.0 Å². The Kier molecular flexibility index (Phi) is 1.37. The van der Waals surface area contributed by atoms with Crippen molar-refractivity contribution in [1.82, 2.24) is 0 Å². The van der Waals surface area contributed by atoms with E-state index in [2.05, 4.69) is 0 Å². The topological polar surface area (TPSA) is 54.4 Å². The van der Waals surface area contributed by atoms with Crippen LogP contribution in [0.2, 0.25) is 0 Å². The first kappa shape index (κ1) is 6.05. The lowest BCUT2D eigenvalue weighted by Gasteiger charge is -2.21. The summed E-state index contributed by atoms with van der Waals surface area (Å²) in [5, 5.41) is 8.30. The van der Waals surface area contributed by atoms with Crippen LogP contribution in [0.25, 0.3) is 0 Å². The number of hydrogen-bond donors (Lipinski definition) is 1. The minimum Gasteiger partial charge on any atom is -0.481 e. The van der Waals surface area contributed by atoms with Gasteiger partial charge in [-0.2, -0.15) is 0 Å². The van der Waals surface area contributed by atoms with E-state index >= 15 is 0 Å². The molecule has 0 aliphatic heterocycles. The zero-order valence-corrected chi connectivity index (χ0v) is 4.76. The molecule has 0 aromatic carbocycles. The summed E-state index contributed by atoms with van der Waals surface area (Å²) < 4.78 is 0. The van der Waals surface area contributed by atoms with Crippen molar-refractivity contribution in [2.24, 2.45) is 5.92 Å². The van der Waals surface area contributed by atoms with E-state index < -0.39 is 5.97 Å². The lowest BCUT2D eigenvalue weighted by atomic mass is 9.81. The molecular formula is C6H6O3. The van der Waals surface area contributed by atoms with Crippen LogP contribution in [0.15, 0.2) is 5.57 Å². The summed E-state index contributed by atoms with van der Waals surface area (Å²) in [6.07, 6.45) is 0.803. The maximum absolute atomic E-state index is 10.1. The van der Waals surface area contributed by atoms with Crippen LogP contribution in [0.1, 0.15) is 12.8 Å². The van der Waals surface area contributed by atoms with Gasteiger partial charge in [0.25, 0.3) is 0 Å². The highest BCUT2D eigenvalue weighted by atomic mass is 16.4. The van der Waals surface area contributed by atoms with Gasteiger partial charge in [-0.1, -0.05) is 0 Å². The molecule has 0 amide bonds. The third-order valence-electron chi connectivity index (χ3n) is 1.48. The molecule has 9 heavy (non-hydrogen) atoms. The summed E-state index contributed by atoms with van der Waals surface area (Å²) in [7, 11) is 0. The molecule has 0 atom stereocenters. The van der Waals surface area contributed by atoms with Gasteiger partial charge >= 0.3 is 5.97 Å². The summed E-state index contributed by atoms with van der Waals surface area (Å²) in [6, 6.07) is 0. The summed E-state index contributed by atoms with van der Waals surface area (Å²) in [5.41, 5.74) is 0.599. The molecule has 0 heterocycles. The molecule has 3 heteroatoms. The summed E-state index contributed by atoms with van der Waals surface area (Å²) in [6.45, 7) is 0. The molecule has 0 bridgehead atoms. The van der Waals surface area contributed by atoms with Gasteiger partial charge in [0.05, 0.1) is 5.92 Å². The first-order valence-electron chi connectivity index (χ1n) is 2.69. The lowest BCUT2D eigenvalue weighted by Crippen LogP contribution is -2.23. The second-order valence-electron chi connectivity index (χ2n) is 2.15. The van der Waals surface area contributed by atoms with E-state index in [1.807, 2.05) is 0 Å². The minimum absolute atomic E-state index is 0.318. The van der Waals surface area contributed by atoms with Crippen LogP contribution >= 0.6 is 0 Å². The fourth-order valence-corrected chi connectivity index (χ4v) is 0.793. The summed E-state index contributed by atoms with van der Waals surface area (Å²) in [5.74, 6) is 0.560. The molecule has 0 aromatic heterocycles. The van der Waals surface area contributed by atoms with E-state index in [1.54, 1.807) is 5.94 Å². The third-order valence-corrected chi connectivity index (χ3v) is 1.48. The molecule has 1 N–H and O–H groups in total. The van der Waals surface area contributed by atoms with Crippen molar-refractivity contribution in [2.45, 2.75) is 12.8 Å². The zero-order valence-electron chi connectivity index (χ0n) is 4.76. The first-order chi connectivity index (χ1) is 4.24. The number of carboxylic acids is 1. The van der Waals surface area contributed by atoms with Crippen molar-refractivity contribution < 1.29 is 14.7 Å². The molecule has 1 fully saturated rings. The molecule has 0 radical (unpaired) electrons. The van der Waals surface area contributed by atoms with E-state index in [9.17, 15) is 9.59 Å². The van der Waals surface area contributed by atoms with Crippen LogP contribution in [-0.4, -0.2) is 17.0 Å². The second kappa shape index (κ2) is 2.03. The van der Waals surface area contributed by atoms with E-state index in [-0.39, 0.29) is 5.92 Å². The predicted molar refractivity (Wildman–Crippen MR) is 29.6 cm³/mol. The van der Waals surface area contributed by atoms with Crippen LogP contribution < -0.4 is 0 Å². The van der Waals surface area contributed by atoms with Crippen LogP contribution in [0.3, 0.4) is 0 Å². The van der Waals surface area contributed by atoms with Crippen LogP contribution in [-0.2, 0) is 9.59 Å². The van der Waals surface area contributed by atoms with E-state index in [1.165, 1.54) is 0 Å². The highest BCUT2D eigenvalue weighted by Crippen LogP contribution is 2.30.